The summed E-state index contributed by atoms with van der Waals surface area (Å²) in [7, 11) is 0. The average molecular weight is 177 g/mol. The van der Waals surface area contributed by atoms with Gasteiger partial charge in [-0.3, -0.25) is 4.79 Å². The first-order chi connectivity index (χ1) is 6.29. The molecule has 3 heteroatoms. The van der Waals surface area contributed by atoms with Crippen molar-refractivity contribution in [1.82, 2.24) is 5.32 Å². The highest BCUT2D eigenvalue weighted by Gasteiger charge is 2.33. The lowest BCUT2D eigenvalue weighted by atomic mass is 9.96. The standard InChI is InChI=1S/C10H11NO2/c12-9-8(6-11-10(9)13)7-4-2-1-3-5-7/h1-5,8-9,12H,6H2,(H,11,13). The van der Waals surface area contributed by atoms with Crippen LogP contribution in [0.15, 0.2) is 30.3 Å². The Morgan fingerprint density at radius 3 is 2.54 bits per heavy atom. The van der Waals surface area contributed by atoms with Crippen molar-refractivity contribution in [3.8, 4) is 0 Å². The zero-order valence-electron chi connectivity index (χ0n) is 7.10. The van der Waals surface area contributed by atoms with Crippen molar-refractivity contribution in [2.24, 2.45) is 0 Å². The third-order valence-corrected chi connectivity index (χ3v) is 2.37. The van der Waals surface area contributed by atoms with Crippen molar-refractivity contribution in [3.63, 3.8) is 0 Å². The summed E-state index contributed by atoms with van der Waals surface area (Å²) < 4.78 is 0. The Balaban J connectivity index is 2.24. The van der Waals surface area contributed by atoms with Gasteiger partial charge in [-0.05, 0) is 5.56 Å². The van der Waals surface area contributed by atoms with E-state index < -0.39 is 6.10 Å². The second kappa shape index (κ2) is 3.18. The van der Waals surface area contributed by atoms with E-state index in [1.165, 1.54) is 0 Å². The summed E-state index contributed by atoms with van der Waals surface area (Å²) >= 11 is 0. The molecule has 2 N–H and O–H groups in total. The van der Waals surface area contributed by atoms with Crippen LogP contribution in [0.2, 0.25) is 0 Å². The van der Waals surface area contributed by atoms with Crippen LogP contribution in [0.5, 0.6) is 0 Å². The van der Waals surface area contributed by atoms with Crippen LogP contribution in [-0.2, 0) is 4.79 Å². The number of amides is 1. The molecule has 68 valence electrons. The van der Waals surface area contributed by atoms with Gasteiger partial charge in [-0.2, -0.15) is 0 Å². The third-order valence-electron chi connectivity index (χ3n) is 2.37. The molecular weight excluding hydrogens is 166 g/mol. The fraction of sp³-hybridized carbons (Fsp3) is 0.300. The maximum Gasteiger partial charge on any atom is 0.249 e. The minimum atomic E-state index is -0.887. The number of hydrogen-bond donors (Lipinski definition) is 2. The molecule has 1 amide bonds. The van der Waals surface area contributed by atoms with Crippen LogP contribution in [0.1, 0.15) is 11.5 Å². The van der Waals surface area contributed by atoms with Gasteiger partial charge in [-0.1, -0.05) is 30.3 Å². The second-order valence-corrected chi connectivity index (χ2v) is 3.21. The minimum absolute atomic E-state index is 0.0892. The van der Waals surface area contributed by atoms with Gasteiger partial charge in [0, 0.05) is 12.5 Å². The van der Waals surface area contributed by atoms with Crippen molar-refractivity contribution < 1.29 is 9.90 Å². The van der Waals surface area contributed by atoms with Gasteiger partial charge >= 0.3 is 0 Å². The lowest BCUT2D eigenvalue weighted by Crippen LogP contribution is -2.23. The lowest BCUT2D eigenvalue weighted by Gasteiger charge is -2.10. The number of aliphatic hydroxyl groups is 1. The van der Waals surface area contributed by atoms with Crippen molar-refractivity contribution >= 4 is 5.91 Å². The largest absolute Gasteiger partial charge is 0.383 e. The van der Waals surface area contributed by atoms with Crippen LogP contribution in [0, 0.1) is 0 Å². The molecule has 2 atom stereocenters. The summed E-state index contributed by atoms with van der Waals surface area (Å²) in [5, 5.41) is 12.1. The topological polar surface area (TPSA) is 49.3 Å². The van der Waals surface area contributed by atoms with Crippen LogP contribution in [0.25, 0.3) is 0 Å². The lowest BCUT2D eigenvalue weighted by molar-refractivity contribution is -0.126. The summed E-state index contributed by atoms with van der Waals surface area (Å²) in [6.07, 6.45) is -0.887. The number of nitrogens with one attached hydrogen (secondary N) is 1. The first kappa shape index (κ1) is 8.26. The third kappa shape index (κ3) is 1.42. The Morgan fingerprint density at radius 1 is 1.31 bits per heavy atom. The molecule has 0 aliphatic carbocycles. The van der Waals surface area contributed by atoms with Crippen LogP contribution < -0.4 is 5.32 Å². The number of aliphatic hydroxyl groups excluding tert-OH is 1. The zero-order chi connectivity index (χ0) is 9.26. The van der Waals surface area contributed by atoms with E-state index in [9.17, 15) is 9.90 Å². The zero-order valence-corrected chi connectivity index (χ0v) is 7.10. The maximum atomic E-state index is 11.0. The molecule has 2 rings (SSSR count). The summed E-state index contributed by atoms with van der Waals surface area (Å²) in [6.45, 7) is 0.532. The highest BCUT2D eigenvalue weighted by molar-refractivity contribution is 5.84. The van der Waals surface area contributed by atoms with Gasteiger partial charge in [0.15, 0.2) is 0 Å². The molecule has 0 bridgehead atoms. The van der Waals surface area contributed by atoms with Gasteiger partial charge in [0.05, 0.1) is 0 Å². The molecule has 1 aromatic rings. The number of rotatable bonds is 1. The molecule has 0 saturated carbocycles. The van der Waals surface area contributed by atoms with E-state index in [2.05, 4.69) is 5.32 Å². The van der Waals surface area contributed by atoms with E-state index in [-0.39, 0.29) is 11.8 Å². The molecule has 0 spiro atoms. The smallest absolute Gasteiger partial charge is 0.249 e. The van der Waals surface area contributed by atoms with E-state index >= 15 is 0 Å². The highest BCUT2D eigenvalue weighted by atomic mass is 16.3. The molecule has 2 unspecified atom stereocenters. The monoisotopic (exact) mass is 177 g/mol. The van der Waals surface area contributed by atoms with Crippen molar-refractivity contribution in [3.05, 3.63) is 35.9 Å². The summed E-state index contributed by atoms with van der Waals surface area (Å²) in [5.41, 5.74) is 1.01. The predicted molar refractivity (Wildman–Crippen MR) is 48.2 cm³/mol. The molecule has 13 heavy (non-hydrogen) atoms. The normalized spacial score (nSPS) is 27.3. The quantitative estimate of drug-likeness (QED) is 0.646. The fourth-order valence-electron chi connectivity index (χ4n) is 1.61. The summed E-state index contributed by atoms with van der Waals surface area (Å²) in [5.74, 6) is -0.359. The molecule has 1 heterocycles. The van der Waals surface area contributed by atoms with E-state index in [4.69, 9.17) is 0 Å². The maximum absolute atomic E-state index is 11.0. The summed E-state index contributed by atoms with van der Waals surface area (Å²) in [4.78, 5) is 11.0. The molecular formula is C10H11NO2. The van der Waals surface area contributed by atoms with E-state index in [1.54, 1.807) is 0 Å². The van der Waals surface area contributed by atoms with E-state index in [0.717, 1.165) is 5.56 Å². The van der Waals surface area contributed by atoms with Gasteiger partial charge in [-0.15, -0.1) is 0 Å². The molecule has 1 aromatic carbocycles. The second-order valence-electron chi connectivity index (χ2n) is 3.21. The average Bonchev–Trinajstić information content (AvgIpc) is 2.49. The Kier molecular flexibility index (Phi) is 2.02. The highest BCUT2D eigenvalue weighted by Crippen LogP contribution is 2.22. The number of carbonyl (C=O) groups is 1. The molecule has 0 aromatic heterocycles. The Morgan fingerprint density at radius 2 is 2.00 bits per heavy atom. The van der Waals surface area contributed by atoms with Gasteiger partial charge in [0.1, 0.15) is 6.10 Å². The Hall–Kier alpha value is -1.35. The summed E-state index contributed by atoms with van der Waals surface area (Å²) in [6, 6.07) is 9.58. The van der Waals surface area contributed by atoms with Crippen LogP contribution >= 0.6 is 0 Å². The van der Waals surface area contributed by atoms with E-state index in [0.29, 0.717) is 6.54 Å². The van der Waals surface area contributed by atoms with E-state index in [1.807, 2.05) is 30.3 Å². The van der Waals surface area contributed by atoms with Gasteiger partial charge in [0.2, 0.25) is 5.91 Å². The van der Waals surface area contributed by atoms with Crippen molar-refractivity contribution in [2.45, 2.75) is 12.0 Å². The molecule has 1 aliphatic heterocycles. The predicted octanol–water partition coefficient (Wildman–Crippen LogP) is 0.261. The Labute approximate surface area is 76.4 Å². The first-order valence-corrected chi connectivity index (χ1v) is 4.30. The SMILES string of the molecule is O=C1NCC(c2ccccc2)C1O. The van der Waals surface area contributed by atoms with Crippen LogP contribution in [-0.4, -0.2) is 23.7 Å². The van der Waals surface area contributed by atoms with Crippen molar-refractivity contribution in [2.75, 3.05) is 6.54 Å². The molecule has 1 fully saturated rings. The number of carbonyl (C=O) groups excluding carboxylic acids is 1. The van der Waals surface area contributed by atoms with Gasteiger partial charge in [0.25, 0.3) is 0 Å². The van der Waals surface area contributed by atoms with Gasteiger partial charge < -0.3 is 10.4 Å². The molecule has 3 nitrogen and oxygen atoms in total. The molecule has 0 radical (unpaired) electrons. The van der Waals surface area contributed by atoms with Gasteiger partial charge in [-0.25, -0.2) is 0 Å². The number of hydrogen-bond acceptors (Lipinski definition) is 2. The fourth-order valence-corrected chi connectivity index (χ4v) is 1.61. The molecule has 1 aliphatic rings. The Bertz CT molecular complexity index is 310. The molecule has 1 saturated heterocycles. The number of benzene rings is 1. The van der Waals surface area contributed by atoms with Crippen molar-refractivity contribution in [1.29, 1.82) is 0 Å². The minimum Gasteiger partial charge on any atom is -0.383 e. The van der Waals surface area contributed by atoms with Crippen LogP contribution in [0.4, 0.5) is 0 Å². The van der Waals surface area contributed by atoms with Crippen LogP contribution in [0.3, 0.4) is 0 Å². The first-order valence-electron chi connectivity index (χ1n) is 4.30.